The van der Waals surface area contributed by atoms with E-state index in [4.69, 9.17) is 0 Å². The predicted molar refractivity (Wildman–Crippen MR) is 114 cm³/mol. The average molecular weight is 396 g/mol. The smallest absolute Gasteiger partial charge is 0.263 e. The lowest BCUT2D eigenvalue weighted by Crippen LogP contribution is -2.32. The van der Waals surface area contributed by atoms with Gasteiger partial charge in [-0.1, -0.05) is 31.5 Å². The van der Waals surface area contributed by atoms with Crippen LogP contribution in [0.4, 0.5) is 0 Å². The van der Waals surface area contributed by atoms with E-state index in [1.165, 1.54) is 46.2 Å². The van der Waals surface area contributed by atoms with Crippen LogP contribution in [-0.4, -0.2) is 22.0 Å². The van der Waals surface area contributed by atoms with Crippen molar-refractivity contribution in [2.75, 3.05) is 6.54 Å². The third-order valence-corrected chi connectivity index (χ3v) is 6.27. The predicted octanol–water partition coefficient (Wildman–Crippen LogP) is 3.92. The van der Waals surface area contributed by atoms with E-state index >= 15 is 0 Å². The molecule has 1 N–H and O–H groups in total. The number of unbranched alkanes of at least 4 members (excludes halogenated alkanes) is 1. The fourth-order valence-electron chi connectivity index (χ4n) is 3.81. The molecule has 0 radical (unpaired) electrons. The molecule has 0 aliphatic heterocycles. The van der Waals surface area contributed by atoms with E-state index in [-0.39, 0.29) is 18.0 Å². The zero-order valence-corrected chi connectivity index (χ0v) is 17.0. The van der Waals surface area contributed by atoms with E-state index in [1.54, 1.807) is 0 Å². The van der Waals surface area contributed by atoms with Crippen LogP contribution in [-0.2, 0) is 24.2 Å². The van der Waals surface area contributed by atoms with Crippen LogP contribution in [0.3, 0.4) is 0 Å². The Morgan fingerprint density at radius 3 is 2.89 bits per heavy atom. The quantitative estimate of drug-likeness (QED) is 0.644. The van der Waals surface area contributed by atoms with Crippen molar-refractivity contribution in [2.45, 2.75) is 52.0 Å². The van der Waals surface area contributed by atoms with Crippen LogP contribution in [0.15, 0.2) is 34.7 Å². The Bertz CT molecular complexity index is 1070. The minimum atomic E-state index is -0.151. The van der Waals surface area contributed by atoms with Gasteiger partial charge in [-0.05, 0) is 48.8 Å². The van der Waals surface area contributed by atoms with Gasteiger partial charge in [0.15, 0.2) is 0 Å². The fraction of sp³-hybridized carbons (Fsp3) is 0.409. The molecule has 0 spiro atoms. The highest BCUT2D eigenvalue weighted by Gasteiger charge is 2.16. The third-order valence-electron chi connectivity index (χ3n) is 5.39. The van der Waals surface area contributed by atoms with Gasteiger partial charge in [-0.2, -0.15) is 0 Å². The van der Waals surface area contributed by atoms with Gasteiger partial charge in [0.05, 0.1) is 11.7 Å². The number of benzene rings is 1. The lowest BCUT2D eigenvalue weighted by Gasteiger charge is -2.16. The van der Waals surface area contributed by atoms with E-state index in [1.807, 2.05) is 5.38 Å². The highest BCUT2D eigenvalue weighted by atomic mass is 32.1. The Morgan fingerprint density at radius 1 is 1.25 bits per heavy atom. The number of fused-ring (bicyclic) bond motifs is 2. The average Bonchev–Trinajstić information content (AvgIpc) is 3.15. The first-order valence-electron chi connectivity index (χ1n) is 10.0. The molecule has 1 aliphatic rings. The number of carbonyl (C=O) groups is 1. The second-order valence-corrected chi connectivity index (χ2v) is 8.26. The minimum absolute atomic E-state index is 0.00492. The van der Waals surface area contributed by atoms with Gasteiger partial charge in [0.2, 0.25) is 5.91 Å². The molecule has 3 aromatic rings. The zero-order chi connectivity index (χ0) is 19.5. The van der Waals surface area contributed by atoms with Crippen LogP contribution in [0, 0.1) is 0 Å². The molecule has 0 bridgehead atoms. The van der Waals surface area contributed by atoms with E-state index in [9.17, 15) is 9.59 Å². The number of hydrogen-bond acceptors (Lipinski definition) is 4. The van der Waals surface area contributed by atoms with Gasteiger partial charge in [-0.3, -0.25) is 14.2 Å². The molecule has 2 aromatic heterocycles. The Morgan fingerprint density at radius 2 is 2.07 bits per heavy atom. The first-order valence-corrected chi connectivity index (χ1v) is 10.9. The van der Waals surface area contributed by atoms with Crippen LogP contribution >= 0.6 is 11.3 Å². The van der Waals surface area contributed by atoms with Gasteiger partial charge in [0.1, 0.15) is 11.4 Å². The lowest BCUT2D eigenvalue weighted by molar-refractivity contribution is -0.121. The van der Waals surface area contributed by atoms with Crippen LogP contribution in [0.25, 0.3) is 21.3 Å². The van der Waals surface area contributed by atoms with E-state index in [0.29, 0.717) is 11.9 Å². The molecule has 146 valence electrons. The molecule has 28 heavy (non-hydrogen) atoms. The van der Waals surface area contributed by atoms with E-state index in [0.717, 1.165) is 41.6 Å². The summed E-state index contributed by atoms with van der Waals surface area (Å²) in [6.07, 6.45) is 8.16. The number of carbonyl (C=O) groups excluding carboxylic acids is 1. The Balaban J connectivity index is 1.67. The van der Waals surface area contributed by atoms with Crippen LogP contribution in [0.5, 0.6) is 0 Å². The summed E-state index contributed by atoms with van der Waals surface area (Å²) in [7, 11) is 0. The van der Waals surface area contributed by atoms with Crippen molar-refractivity contribution in [3.05, 3.63) is 51.4 Å². The summed E-state index contributed by atoms with van der Waals surface area (Å²) < 4.78 is 1.41. The SMILES string of the molecule is CCCCNC(=O)Cn1cnc2scc(-c3ccc4c(c3)CCCC4)c2c1=O. The summed E-state index contributed by atoms with van der Waals surface area (Å²) in [4.78, 5) is 30.4. The molecule has 1 aromatic carbocycles. The number of aromatic nitrogens is 2. The number of amides is 1. The first kappa shape index (κ1) is 18.9. The molecule has 4 rings (SSSR count). The van der Waals surface area contributed by atoms with Gasteiger partial charge in [-0.15, -0.1) is 11.3 Å². The normalized spacial score (nSPS) is 13.5. The highest BCUT2D eigenvalue weighted by Crippen LogP contribution is 2.33. The van der Waals surface area contributed by atoms with Crippen molar-refractivity contribution in [1.82, 2.24) is 14.9 Å². The van der Waals surface area contributed by atoms with Crippen molar-refractivity contribution in [1.29, 1.82) is 0 Å². The van der Waals surface area contributed by atoms with Crippen molar-refractivity contribution in [2.24, 2.45) is 0 Å². The Labute approximate surface area is 168 Å². The van der Waals surface area contributed by atoms with Crippen LogP contribution < -0.4 is 10.9 Å². The molecule has 6 heteroatoms. The first-order chi connectivity index (χ1) is 13.7. The van der Waals surface area contributed by atoms with Crippen molar-refractivity contribution < 1.29 is 4.79 Å². The second-order valence-electron chi connectivity index (χ2n) is 7.40. The maximum atomic E-state index is 13.1. The Kier molecular flexibility index (Phi) is 5.57. The molecule has 5 nitrogen and oxygen atoms in total. The van der Waals surface area contributed by atoms with Gasteiger partial charge in [0.25, 0.3) is 5.56 Å². The zero-order valence-electron chi connectivity index (χ0n) is 16.2. The summed E-state index contributed by atoms with van der Waals surface area (Å²) in [6, 6.07) is 6.54. The molecule has 0 atom stereocenters. The summed E-state index contributed by atoms with van der Waals surface area (Å²) in [5.41, 5.74) is 4.66. The Hall–Kier alpha value is -2.47. The lowest BCUT2D eigenvalue weighted by atomic mass is 9.89. The van der Waals surface area contributed by atoms with Crippen molar-refractivity contribution in [3.63, 3.8) is 0 Å². The number of nitrogens with one attached hydrogen (secondary N) is 1. The maximum Gasteiger partial charge on any atom is 0.263 e. The van der Waals surface area contributed by atoms with Crippen molar-refractivity contribution >= 4 is 27.5 Å². The molecule has 0 saturated carbocycles. The van der Waals surface area contributed by atoms with E-state index < -0.39 is 0 Å². The minimum Gasteiger partial charge on any atom is -0.355 e. The largest absolute Gasteiger partial charge is 0.355 e. The van der Waals surface area contributed by atoms with Gasteiger partial charge in [0, 0.05) is 17.5 Å². The molecule has 1 aliphatic carbocycles. The van der Waals surface area contributed by atoms with Gasteiger partial charge < -0.3 is 5.32 Å². The fourth-order valence-corrected chi connectivity index (χ4v) is 4.72. The molecule has 0 fully saturated rings. The number of hydrogen-bond donors (Lipinski definition) is 1. The van der Waals surface area contributed by atoms with E-state index in [2.05, 4.69) is 35.4 Å². The summed E-state index contributed by atoms with van der Waals surface area (Å²) in [5.74, 6) is -0.151. The summed E-state index contributed by atoms with van der Waals surface area (Å²) >= 11 is 1.48. The molecule has 1 amide bonds. The topological polar surface area (TPSA) is 64.0 Å². The van der Waals surface area contributed by atoms with Crippen LogP contribution in [0.1, 0.15) is 43.7 Å². The standard InChI is InChI=1S/C22H25N3O2S/c1-2-3-10-23-19(26)12-25-14-24-21-20(22(25)27)18(13-28-21)17-9-8-15-6-4-5-7-16(15)11-17/h8-9,11,13-14H,2-7,10,12H2,1H3,(H,23,26). The monoisotopic (exact) mass is 395 g/mol. The molecule has 2 heterocycles. The summed E-state index contributed by atoms with van der Waals surface area (Å²) in [6.45, 7) is 2.72. The summed E-state index contributed by atoms with van der Waals surface area (Å²) in [5, 5.41) is 5.48. The second kappa shape index (κ2) is 8.27. The number of aryl methyl sites for hydroxylation is 2. The van der Waals surface area contributed by atoms with Crippen molar-refractivity contribution in [3.8, 4) is 11.1 Å². The maximum absolute atomic E-state index is 13.1. The van der Waals surface area contributed by atoms with Gasteiger partial charge >= 0.3 is 0 Å². The van der Waals surface area contributed by atoms with Crippen LogP contribution in [0.2, 0.25) is 0 Å². The molecule has 0 unspecified atom stereocenters. The number of rotatable bonds is 6. The number of thiophene rings is 1. The molecular weight excluding hydrogens is 370 g/mol. The third kappa shape index (κ3) is 3.74. The van der Waals surface area contributed by atoms with Gasteiger partial charge in [-0.25, -0.2) is 4.98 Å². The number of nitrogens with zero attached hydrogens (tertiary/aromatic N) is 2. The highest BCUT2D eigenvalue weighted by molar-refractivity contribution is 7.17. The molecule has 0 saturated heterocycles. The molecular formula is C22H25N3O2S.